The summed E-state index contributed by atoms with van der Waals surface area (Å²) in [7, 11) is 0. The molecule has 19 heavy (non-hydrogen) atoms. The molecule has 2 saturated heterocycles. The number of likely N-dealkylation sites (tertiary alicyclic amines) is 1. The summed E-state index contributed by atoms with van der Waals surface area (Å²) in [5.74, 6) is -0.924. The van der Waals surface area contributed by atoms with Crippen molar-refractivity contribution in [2.75, 3.05) is 13.1 Å². The smallest absolute Gasteiger partial charge is 0.410 e. The van der Waals surface area contributed by atoms with Crippen molar-refractivity contribution in [1.29, 1.82) is 0 Å². The van der Waals surface area contributed by atoms with Gasteiger partial charge in [-0.15, -0.1) is 0 Å². The first-order valence-corrected chi connectivity index (χ1v) is 6.59. The molecule has 1 amide bonds. The second-order valence-corrected chi connectivity index (χ2v) is 6.32. The van der Waals surface area contributed by atoms with Crippen LogP contribution in [0.25, 0.3) is 0 Å². The summed E-state index contributed by atoms with van der Waals surface area (Å²) >= 11 is 0. The van der Waals surface area contributed by atoms with E-state index in [2.05, 4.69) is 0 Å². The van der Waals surface area contributed by atoms with Crippen molar-refractivity contribution in [1.82, 2.24) is 4.90 Å². The molecule has 2 atom stereocenters. The number of aliphatic carboxylic acids is 1. The molecule has 1 N–H and O–H groups in total. The van der Waals surface area contributed by atoms with Gasteiger partial charge in [-0.25, -0.2) is 9.59 Å². The Labute approximate surface area is 112 Å². The molecule has 0 aromatic heterocycles. The lowest BCUT2D eigenvalue weighted by molar-refractivity contribution is -0.153. The molecule has 2 aliphatic heterocycles. The summed E-state index contributed by atoms with van der Waals surface area (Å²) in [5.41, 5.74) is -1.01. The number of ether oxygens (including phenoxy) is 2. The van der Waals surface area contributed by atoms with Gasteiger partial charge in [0.25, 0.3) is 0 Å². The van der Waals surface area contributed by atoms with E-state index >= 15 is 0 Å². The van der Waals surface area contributed by atoms with Crippen molar-refractivity contribution in [3.63, 3.8) is 0 Å². The Morgan fingerprint density at radius 1 is 1.37 bits per heavy atom. The molecule has 1 spiro atoms. The molecule has 108 valence electrons. The normalized spacial score (nSPS) is 30.9. The van der Waals surface area contributed by atoms with Crippen LogP contribution < -0.4 is 0 Å². The molecular weight excluding hydrogens is 250 g/mol. The molecule has 1 unspecified atom stereocenters. The number of carboxylic acid groups (broad SMARTS) is 1. The van der Waals surface area contributed by atoms with Gasteiger partial charge in [0.2, 0.25) is 0 Å². The molecule has 6 nitrogen and oxygen atoms in total. The zero-order valence-corrected chi connectivity index (χ0v) is 11.6. The number of carbonyl (C=O) groups excluding carboxylic acids is 1. The average Bonchev–Trinajstić information content (AvgIpc) is 2.85. The van der Waals surface area contributed by atoms with Crippen LogP contribution in [0.5, 0.6) is 0 Å². The molecule has 0 bridgehead atoms. The topological polar surface area (TPSA) is 76.1 Å². The van der Waals surface area contributed by atoms with Crippen molar-refractivity contribution in [2.24, 2.45) is 0 Å². The molecular formula is C13H21NO5. The van der Waals surface area contributed by atoms with Gasteiger partial charge < -0.3 is 19.5 Å². The third kappa shape index (κ3) is 3.18. The number of carboxylic acids is 1. The Kier molecular flexibility index (Phi) is 3.47. The first-order chi connectivity index (χ1) is 8.71. The number of rotatable bonds is 1. The van der Waals surface area contributed by atoms with Gasteiger partial charge in [0.05, 0.1) is 12.1 Å². The Morgan fingerprint density at radius 2 is 2.05 bits per heavy atom. The average molecular weight is 271 g/mol. The second-order valence-electron chi connectivity index (χ2n) is 6.32. The molecule has 0 radical (unpaired) electrons. The lowest BCUT2D eigenvalue weighted by atomic mass is 9.99. The number of hydrogen-bond acceptors (Lipinski definition) is 4. The van der Waals surface area contributed by atoms with E-state index in [0.717, 1.165) is 0 Å². The molecule has 2 fully saturated rings. The minimum absolute atomic E-state index is 0.355. The van der Waals surface area contributed by atoms with E-state index in [1.807, 2.05) is 20.8 Å². The monoisotopic (exact) mass is 271 g/mol. The lowest BCUT2D eigenvalue weighted by Gasteiger charge is -2.26. The van der Waals surface area contributed by atoms with Crippen molar-refractivity contribution < 1.29 is 24.2 Å². The number of carbonyl (C=O) groups is 2. The Hall–Kier alpha value is -1.30. The molecule has 0 aromatic rings. The molecule has 0 aromatic carbocycles. The Bertz CT molecular complexity index is 389. The summed E-state index contributed by atoms with van der Waals surface area (Å²) in [6.45, 7) is 6.45. The quantitative estimate of drug-likeness (QED) is 0.784. The van der Waals surface area contributed by atoms with Crippen molar-refractivity contribution in [3.05, 3.63) is 0 Å². The molecule has 6 heteroatoms. The highest BCUT2D eigenvalue weighted by Gasteiger charge is 2.49. The third-order valence-electron chi connectivity index (χ3n) is 3.50. The fourth-order valence-electron chi connectivity index (χ4n) is 2.61. The Morgan fingerprint density at radius 3 is 2.58 bits per heavy atom. The van der Waals surface area contributed by atoms with E-state index in [0.29, 0.717) is 32.4 Å². The van der Waals surface area contributed by atoms with E-state index in [9.17, 15) is 9.59 Å². The summed E-state index contributed by atoms with van der Waals surface area (Å²) in [5, 5.41) is 8.95. The molecule has 0 saturated carbocycles. The van der Waals surface area contributed by atoms with Gasteiger partial charge in [-0.05, 0) is 40.0 Å². The van der Waals surface area contributed by atoms with Crippen molar-refractivity contribution >= 4 is 12.1 Å². The standard InChI is InChI=1S/C13H21NO5/c1-12(2,3)19-11(17)14-7-6-13(8-14)5-4-9(18-13)10(15)16/h9H,4-8H2,1-3H3,(H,15,16)/t9-,13?/m1/s1. The van der Waals surface area contributed by atoms with Crippen LogP contribution in [-0.4, -0.2) is 52.5 Å². The van der Waals surface area contributed by atoms with Crippen LogP contribution in [0.2, 0.25) is 0 Å². The highest BCUT2D eigenvalue weighted by Crippen LogP contribution is 2.38. The van der Waals surface area contributed by atoms with Gasteiger partial charge in [0, 0.05) is 6.54 Å². The van der Waals surface area contributed by atoms with Crippen LogP contribution in [0, 0.1) is 0 Å². The highest BCUT2D eigenvalue weighted by atomic mass is 16.6. The van der Waals surface area contributed by atoms with Crippen molar-refractivity contribution in [3.8, 4) is 0 Å². The van der Waals surface area contributed by atoms with E-state index in [1.54, 1.807) is 4.90 Å². The highest BCUT2D eigenvalue weighted by molar-refractivity contribution is 5.73. The number of amides is 1. The van der Waals surface area contributed by atoms with Gasteiger partial charge in [0.1, 0.15) is 5.60 Å². The number of hydrogen-bond donors (Lipinski definition) is 1. The van der Waals surface area contributed by atoms with Gasteiger partial charge in [-0.1, -0.05) is 0 Å². The fraction of sp³-hybridized carbons (Fsp3) is 0.846. The maximum Gasteiger partial charge on any atom is 0.410 e. The Balaban J connectivity index is 1.93. The minimum atomic E-state index is -0.924. The molecule has 2 aliphatic rings. The van der Waals surface area contributed by atoms with E-state index in [-0.39, 0.29) is 6.09 Å². The van der Waals surface area contributed by atoms with E-state index in [1.165, 1.54) is 0 Å². The second kappa shape index (κ2) is 4.67. The van der Waals surface area contributed by atoms with E-state index < -0.39 is 23.3 Å². The predicted molar refractivity (Wildman–Crippen MR) is 66.9 cm³/mol. The first kappa shape index (κ1) is 14.1. The molecule has 2 heterocycles. The maximum absolute atomic E-state index is 11.9. The van der Waals surface area contributed by atoms with Gasteiger partial charge in [0.15, 0.2) is 6.10 Å². The summed E-state index contributed by atoms with van der Waals surface area (Å²) in [4.78, 5) is 24.5. The minimum Gasteiger partial charge on any atom is -0.479 e. The largest absolute Gasteiger partial charge is 0.479 e. The van der Waals surface area contributed by atoms with E-state index in [4.69, 9.17) is 14.6 Å². The molecule has 0 aliphatic carbocycles. The van der Waals surface area contributed by atoms with Crippen LogP contribution >= 0.6 is 0 Å². The van der Waals surface area contributed by atoms with Crippen LogP contribution in [0.3, 0.4) is 0 Å². The maximum atomic E-state index is 11.9. The zero-order valence-electron chi connectivity index (χ0n) is 11.6. The fourth-order valence-corrected chi connectivity index (χ4v) is 2.61. The first-order valence-electron chi connectivity index (χ1n) is 6.59. The van der Waals surface area contributed by atoms with Crippen molar-refractivity contribution in [2.45, 2.75) is 57.3 Å². The summed E-state index contributed by atoms with van der Waals surface area (Å²) in [6, 6.07) is 0. The lowest BCUT2D eigenvalue weighted by Crippen LogP contribution is -2.39. The SMILES string of the molecule is CC(C)(C)OC(=O)N1CCC2(CC[C@H](C(=O)O)O2)C1. The molecule has 2 rings (SSSR count). The van der Waals surface area contributed by atoms with Gasteiger partial charge in [-0.3, -0.25) is 0 Å². The van der Waals surface area contributed by atoms with Crippen LogP contribution in [-0.2, 0) is 14.3 Å². The third-order valence-corrected chi connectivity index (χ3v) is 3.50. The van der Waals surface area contributed by atoms with Gasteiger partial charge >= 0.3 is 12.1 Å². The predicted octanol–water partition coefficient (Wildman–Crippen LogP) is 1.63. The van der Waals surface area contributed by atoms with Gasteiger partial charge in [-0.2, -0.15) is 0 Å². The summed E-state index contributed by atoms with van der Waals surface area (Å²) in [6.07, 6.45) is 0.780. The zero-order chi connectivity index (χ0) is 14.3. The number of nitrogens with zero attached hydrogens (tertiary/aromatic N) is 1. The summed E-state index contributed by atoms with van der Waals surface area (Å²) < 4.78 is 10.9. The van der Waals surface area contributed by atoms with Crippen LogP contribution in [0.15, 0.2) is 0 Å². The van der Waals surface area contributed by atoms with Crippen LogP contribution in [0.4, 0.5) is 4.79 Å². The van der Waals surface area contributed by atoms with Crippen LogP contribution in [0.1, 0.15) is 40.0 Å².